The van der Waals surface area contributed by atoms with Crippen molar-refractivity contribution in [2.24, 2.45) is 0 Å². The topological polar surface area (TPSA) is 29.1 Å². The second-order valence-electron chi connectivity index (χ2n) is 3.09. The largest absolute Gasteiger partial charge is 0.378 e. The number of carbonyl (C=O) groups is 1. The van der Waals surface area contributed by atoms with Crippen molar-refractivity contribution in [2.45, 2.75) is 6.92 Å². The Hall–Kier alpha value is -1.83. The maximum Gasteiger partial charge on any atom is 0.181 e. The molecule has 0 radical (unpaired) electrons. The van der Waals surface area contributed by atoms with E-state index in [4.69, 9.17) is 0 Å². The maximum absolute atomic E-state index is 11.7. The van der Waals surface area contributed by atoms with E-state index in [-0.39, 0.29) is 5.78 Å². The zero-order chi connectivity index (χ0) is 11.1. The summed E-state index contributed by atoms with van der Waals surface area (Å²) in [6.45, 7) is 5.84. The van der Waals surface area contributed by atoms with Crippen LogP contribution in [0, 0.1) is 0 Å². The molecule has 0 aromatic heterocycles. The van der Waals surface area contributed by atoms with Gasteiger partial charge in [-0.3, -0.25) is 4.79 Å². The van der Waals surface area contributed by atoms with Gasteiger partial charge in [-0.25, -0.2) is 0 Å². The summed E-state index contributed by atoms with van der Waals surface area (Å²) in [5.74, 6) is 0.0804. The number of hydrogen-bond donors (Lipinski definition) is 1. The number of ketones is 1. The molecule has 0 bridgehead atoms. The molecule has 0 saturated carbocycles. The SMILES string of the molecule is C=C/C(=C\C)NCC(=O)c1ccccc1. The minimum absolute atomic E-state index is 0.0804. The molecule has 0 spiro atoms. The van der Waals surface area contributed by atoms with Crippen LogP contribution in [0.3, 0.4) is 0 Å². The van der Waals surface area contributed by atoms with Crippen LogP contribution in [0.25, 0.3) is 0 Å². The molecule has 0 unspecified atom stereocenters. The lowest BCUT2D eigenvalue weighted by molar-refractivity contribution is 0.0994. The van der Waals surface area contributed by atoms with E-state index < -0.39 is 0 Å². The highest BCUT2D eigenvalue weighted by atomic mass is 16.1. The van der Waals surface area contributed by atoms with Gasteiger partial charge in [0.2, 0.25) is 0 Å². The van der Waals surface area contributed by atoms with Gasteiger partial charge in [-0.05, 0) is 13.0 Å². The molecular weight excluding hydrogens is 186 g/mol. The molecule has 1 rings (SSSR count). The summed E-state index contributed by atoms with van der Waals surface area (Å²) in [6, 6.07) is 9.24. The second kappa shape index (κ2) is 5.81. The van der Waals surface area contributed by atoms with Gasteiger partial charge in [-0.1, -0.05) is 43.0 Å². The van der Waals surface area contributed by atoms with Crippen LogP contribution in [0.15, 0.2) is 54.8 Å². The number of benzene rings is 1. The van der Waals surface area contributed by atoms with Crippen LogP contribution in [0.5, 0.6) is 0 Å². The standard InChI is InChI=1S/C13H15NO/c1-3-12(4-2)14-10-13(15)11-8-6-5-7-9-11/h3-9,14H,1,10H2,2H3/b12-4+. The zero-order valence-electron chi connectivity index (χ0n) is 8.86. The molecule has 0 aliphatic rings. The highest BCUT2D eigenvalue weighted by Crippen LogP contribution is 1.99. The molecule has 1 aromatic rings. The first kappa shape index (κ1) is 11.2. The van der Waals surface area contributed by atoms with Crippen LogP contribution in [-0.2, 0) is 0 Å². The average molecular weight is 201 g/mol. The number of hydrogen-bond acceptors (Lipinski definition) is 2. The molecular formula is C13H15NO. The van der Waals surface area contributed by atoms with Crippen molar-refractivity contribution in [2.75, 3.05) is 6.54 Å². The highest BCUT2D eigenvalue weighted by Gasteiger charge is 2.03. The number of rotatable bonds is 5. The molecule has 2 nitrogen and oxygen atoms in total. The van der Waals surface area contributed by atoms with Gasteiger partial charge in [0.1, 0.15) is 0 Å². The normalized spacial score (nSPS) is 10.9. The van der Waals surface area contributed by atoms with Gasteiger partial charge in [-0.2, -0.15) is 0 Å². The van der Waals surface area contributed by atoms with Gasteiger partial charge in [0.05, 0.1) is 6.54 Å². The molecule has 1 N–H and O–H groups in total. The van der Waals surface area contributed by atoms with Crippen LogP contribution in [-0.4, -0.2) is 12.3 Å². The summed E-state index contributed by atoms with van der Waals surface area (Å²) in [5, 5.41) is 3.01. The maximum atomic E-state index is 11.7. The van der Waals surface area contributed by atoms with Gasteiger partial charge in [-0.15, -0.1) is 0 Å². The minimum atomic E-state index is 0.0804. The molecule has 0 fully saturated rings. The molecule has 2 heteroatoms. The summed E-state index contributed by atoms with van der Waals surface area (Å²) < 4.78 is 0. The summed E-state index contributed by atoms with van der Waals surface area (Å²) in [5.41, 5.74) is 1.60. The molecule has 0 aliphatic heterocycles. The van der Waals surface area contributed by atoms with Crippen molar-refractivity contribution in [1.82, 2.24) is 5.32 Å². The van der Waals surface area contributed by atoms with Crippen LogP contribution < -0.4 is 5.32 Å². The molecule has 0 atom stereocenters. The zero-order valence-corrected chi connectivity index (χ0v) is 8.86. The monoisotopic (exact) mass is 201 g/mol. The third kappa shape index (κ3) is 3.43. The number of nitrogens with one attached hydrogen (secondary N) is 1. The van der Waals surface area contributed by atoms with Crippen molar-refractivity contribution < 1.29 is 4.79 Å². The number of carbonyl (C=O) groups excluding carboxylic acids is 1. The molecule has 1 aromatic carbocycles. The Morgan fingerprint density at radius 1 is 1.40 bits per heavy atom. The van der Waals surface area contributed by atoms with Crippen molar-refractivity contribution >= 4 is 5.78 Å². The van der Waals surface area contributed by atoms with E-state index in [1.807, 2.05) is 43.3 Å². The quantitative estimate of drug-likeness (QED) is 0.586. The fourth-order valence-electron chi connectivity index (χ4n) is 1.20. The summed E-state index contributed by atoms with van der Waals surface area (Å²) in [7, 11) is 0. The van der Waals surface area contributed by atoms with Gasteiger partial charge in [0.15, 0.2) is 5.78 Å². The third-order valence-electron chi connectivity index (χ3n) is 2.08. The smallest absolute Gasteiger partial charge is 0.181 e. The Labute approximate surface area is 90.3 Å². The van der Waals surface area contributed by atoms with Crippen LogP contribution >= 0.6 is 0 Å². The lowest BCUT2D eigenvalue weighted by atomic mass is 10.1. The van der Waals surface area contributed by atoms with Crippen LogP contribution in [0.1, 0.15) is 17.3 Å². The molecule has 0 saturated heterocycles. The van der Waals surface area contributed by atoms with E-state index in [1.54, 1.807) is 6.08 Å². The predicted octanol–water partition coefficient (Wildman–Crippen LogP) is 2.55. The molecule has 15 heavy (non-hydrogen) atoms. The van der Waals surface area contributed by atoms with Crippen molar-refractivity contribution in [3.05, 3.63) is 60.3 Å². The van der Waals surface area contributed by atoms with Crippen LogP contribution in [0.2, 0.25) is 0 Å². The second-order valence-corrected chi connectivity index (χ2v) is 3.09. The fourth-order valence-corrected chi connectivity index (χ4v) is 1.20. The van der Waals surface area contributed by atoms with E-state index >= 15 is 0 Å². The van der Waals surface area contributed by atoms with E-state index in [2.05, 4.69) is 11.9 Å². The van der Waals surface area contributed by atoms with Crippen LogP contribution in [0.4, 0.5) is 0 Å². The number of Topliss-reactive ketones (excluding diaryl/α,β-unsaturated/α-hetero) is 1. The third-order valence-corrected chi connectivity index (χ3v) is 2.08. The Bertz CT molecular complexity index is 365. The van der Waals surface area contributed by atoms with E-state index in [0.717, 1.165) is 11.3 Å². The summed E-state index contributed by atoms with van der Waals surface area (Å²) in [6.07, 6.45) is 3.57. The molecule has 0 heterocycles. The Balaban J connectivity index is 2.54. The van der Waals surface area contributed by atoms with Gasteiger partial charge in [0.25, 0.3) is 0 Å². The predicted molar refractivity (Wildman–Crippen MR) is 62.7 cm³/mol. The summed E-state index contributed by atoms with van der Waals surface area (Å²) in [4.78, 5) is 11.7. The lowest BCUT2D eigenvalue weighted by Crippen LogP contribution is -2.21. The molecule has 78 valence electrons. The van der Waals surface area contributed by atoms with E-state index in [0.29, 0.717) is 6.54 Å². The Morgan fingerprint density at radius 2 is 2.07 bits per heavy atom. The summed E-state index contributed by atoms with van der Waals surface area (Å²) >= 11 is 0. The van der Waals surface area contributed by atoms with Gasteiger partial charge >= 0.3 is 0 Å². The first-order valence-electron chi connectivity index (χ1n) is 4.88. The van der Waals surface area contributed by atoms with Crippen molar-refractivity contribution in [3.63, 3.8) is 0 Å². The Kier molecular flexibility index (Phi) is 4.35. The number of allylic oxidation sites excluding steroid dienone is 2. The highest BCUT2D eigenvalue weighted by molar-refractivity contribution is 5.97. The van der Waals surface area contributed by atoms with Gasteiger partial charge in [0, 0.05) is 11.3 Å². The average Bonchev–Trinajstić information content (AvgIpc) is 2.31. The minimum Gasteiger partial charge on any atom is -0.378 e. The van der Waals surface area contributed by atoms with Crippen molar-refractivity contribution in [3.8, 4) is 0 Å². The molecule has 0 amide bonds. The first-order valence-corrected chi connectivity index (χ1v) is 4.88. The van der Waals surface area contributed by atoms with Gasteiger partial charge < -0.3 is 5.32 Å². The van der Waals surface area contributed by atoms with Crippen molar-refractivity contribution in [1.29, 1.82) is 0 Å². The first-order chi connectivity index (χ1) is 7.27. The Morgan fingerprint density at radius 3 is 2.60 bits per heavy atom. The lowest BCUT2D eigenvalue weighted by Gasteiger charge is -2.05. The fraction of sp³-hybridized carbons (Fsp3) is 0.154. The van der Waals surface area contributed by atoms with E-state index in [9.17, 15) is 4.79 Å². The van der Waals surface area contributed by atoms with E-state index in [1.165, 1.54) is 0 Å². The molecule has 0 aliphatic carbocycles.